The quantitative estimate of drug-likeness (QED) is 0.344. The number of nitrogens with two attached hydrogens (primary N) is 1. The first-order valence-electron chi connectivity index (χ1n) is 6.13. The first kappa shape index (κ1) is 15.9. The smallest absolute Gasteiger partial charge is 0.184 e. The molecule has 0 saturated heterocycles. The Morgan fingerprint density at radius 1 is 1.14 bits per heavy atom. The van der Waals surface area contributed by atoms with E-state index in [1.54, 1.807) is 36.4 Å². The van der Waals surface area contributed by atoms with Crippen molar-refractivity contribution in [3.05, 3.63) is 53.1 Å². The molecule has 6 nitrogen and oxygen atoms in total. The lowest BCUT2D eigenvalue weighted by atomic mass is 10.2. The predicted octanol–water partition coefficient (Wildman–Crippen LogP) is 3.63. The molecule has 22 heavy (non-hydrogen) atoms. The topological polar surface area (TPSA) is 95.4 Å². The number of hydrazone groups is 1. The van der Waals surface area contributed by atoms with Crippen LogP contribution in [0.5, 0.6) is 5.75 Å². The Morgan fingerprint density at radius 3 is 2.45 bits per heavy atom. The maximum absolute atomic E-state index is 9.75. The van der Waals surface area contributed by atoms with Crippen molar-refractivity contribution in [2.45, 2.75) is 0 Å². The standard InChI is InChI=1S/C14H12ClN5OS/c15-10-1-3-11(4-2-10)18-19-12-5-6-13(21)9(7-12)8-17-20-14(16)22/h1-8,21H,(H3,16,20,22). The molecular weight excluding hydrogens is 322 g/mol. The van der Waals surface area contributed by atoms with E-state index in [9.17, 15) is 5.11 Å². The van der Waals surface area contributed by atoms with Gasteiger partial charge in [0.1, 0.15) is 5.75 Å². The molecule has 0 spiro atoms. The fraction of sp³-hybridized carbons (Fsp3) is 0. The predicted molar refractivity (Wildman–Crippen MR) is 91.2 cm³/mol. The molecule has 2 aromatic rings. The summed E-state index contributed by atoms with van der Waals surface area (Å²) in [4.78, 5) is 0. The summed E-state index contributed by atoms with van der Waals surface area (Å²) in [5.74, 6) is 0.0546. The molecule has 8 heteroatoms. The molecule has 0 bridgehead atoms. The van der Waals surface area contributed by atoms with E-state index < -0.39 is 0 Å². The zero-order valence-electron chi connectivity index (χ0n) is 11.3. The molecule has 4 N–H and O–H groups in total. The van der Waals surface area contributed by atoms with E-state index in [0.29, 0.717) is 22.0 Å². The third-order valence-electron chi connectivity index (χ3n) is 2.50. The number of benzene rings is 2. The summed E-state index contributed by atoms with van der Waals surface area (Å²) >= 11 is 10.4. The lowest BCUT2D eigenvalue weighted by Crippen LogP contribution is -2.23. The van der Waals surface area contributed by atoms with Gasteiger partial charge in [0.15, 0.2) is 5.11 Å². The summed E-state index contributed by atoms with van der Waals surface area (Å²) < 4.78 is 0. The molecule has 0 amide bonds. The van der Waals surface area contributed by atoms with Gasteiger partial charge in [0, 0.05) is 10.6 Å². The third kappa shape index (κ3) is 4.80. The van der Waals surface area contributed by atoms with Gasteiger partial charge in [0.25, 0.3) is 0 Å². The molecule has 0 aromatic heterocycles. The Morgan fingerprint density at radius 2 is 1.77 bits per heavy atom. The van der Waals surface area contributed by atoms with Crippen LogP contribution in [0.3, 0.4) is 0 Å². The number of halogens is 1. The van der Waals surface area contributed by atoms with Gasteiger partial charge in [-0.3, -0.25) is 5.43 Å². The Labute approximate surface area is 137 Å². The second-order valence-corrected chi connectivity index (χ2v) is 5.03. The van der Waals surface area contributed by atoms with Crippen molar-refractivity contribution in [3.8, 4) is 5.75 Å². The van der Waals surface area contributed by atoms with E-state index in [2.05, 4.69) is 33.0 Å². The molecule has 112 valence electrons. The molecule has 0 aliphatic heterocycles. The second-order valence-electron chi connectivity index (χ2n) is 4.15. The van der Waals surface area contributed by atoms with Crippen LogP contribution in [0.15, 0.2) is 57.8 Å². The van der Waals surface area contributed by atoms with Gasteiger partial charge in [-0.1, -0.05) is 11.6 Å². The van der Waals surface area contributed by atoms with Crippen LogP contribution in [0.1, 0.15) is 5.56 Å². The van der Waals surface area contributed by atoms with Crippen LogP contribution in [-0.2, 0) is 0 Å². The minimum absolute atomic E-state index is 0.0364. The molecule has 0 atom stereocenters. The van der Waals surface area contributed by atoms with E-state index in [-0.39, 0.29) is 10.9 Å². The Bertz CT molecular complexity index is 731. The van der Waals surface area contributed by atoms with Crippen molar-refractivity contribution < 1.29 is 5.11 Å². The van der Waals surface area contributed by atoms with Crippen LogP contribution in [0.25, 0.3) is 0 Å². The van der Waals surface area contributed by atoms with Crippen molar-refractivity contribution >= 4 is 46.5 Å². The summed E-state index contributed by atoms with van der Waals surface area (Å²) in [7, 11) is 0. The molecule has 0 aliphatic carbocycles. The fourth-order valence-corrected chi connectivity index (χ4v) is 1.67. The number of nitrogens with one attached hydrogen (secondary N) is 1. The SMILES string of the molecule is NC(=S)NN=Cc1cc(N=Nc2ccc(Cl)cc2)ccc1O. The van der Waals surface area contributed by atoms with E-state index >= 15 is 0 Å². The number of hydrogen-bond acceptors (Lipinski definition) is 5. The average molecular weight is 334 g/mol. The second kappa shape index (κ2) is 7.48. The van der Waals surface area contributed by atoms with Gasteiger partial charge >= 0.3 is 0 Å². The number of thiocarbonyl (C=S) groups is 1. The minimum Gasteiger partial charge on any atom is -0.507 e. The average Bonchev–Trinajstić information content (AvgIpc) is 2.49. The normalized spacial score (nSPS) is 11.1. The Hall–Kier alpha value is -2.51. The monoisotopic (exact) mass is 333 g/mol. The number of rotatable bonds is 4. The van der Waals surface area contributed by atoms with Gasteiger partial charge in [-0.2, -0.15) is 15.3 Å². The van der Waals surface area contributed by atoms with E-state index in [1.807, 2.05) is 0 Å². The van der Waals surface area contributed by atoms with E-state index in [1.165, 1.54) is 12.3 Å². The van der Waals surface area contributed by atoms with Crippen molar-refractivity contribution in [1.29, 1.82) is 0 Å². The summed E-state index contributed by atoms with van der Waals surface area (Å²) in [5.41, 5.74) is 9.34. The Kier molecular flexibility index (Phi) is 5.40. The summed E-state index contributed by atoms with van der Waals surface area (Å²) in [5, 5.41) is 22.4. The zero-order chi connectivity index (χ0) is 15.9. The van der Waals surface area contributed by atoms with Crippen LogP contribution >= 0.6 is 23.8 Å². The maximum atomic E-state index is 9.75. The Balaban J connectivity index is 2.16. The number of hydrogen-bond donors (Lipinski definition) is 3. The van der Waals surface area contributed by atoms with Crippen LogP contribution in [-0.4, -0.2) is 16.4 Å². The van der Waals surface area contributed by atoms with Crippen LogP contribution in [0.2, 0.25) is 5.02 Å². The largest absolute Gasteiger partial charge is 0.507 e. The number of nitrogens with zero attached hydrogens (tertiary/aromatic N) is 3. The van der Waals surface area contributed by atoms with Gasteiger partial charge < -0.3 is 10.8 Å². The summed E-state index contributed by atoms with van der Waals surface area (Å²) in [6, 6.07) is 11.7. The summed E-state index contributed by atoms with van der Waals surface area (Å²) in [6.45, 7) is 0. The number of phenols is 1. The highest BCUT2D eigenvalue weighted by Gasteiger charge is 2.00. The summed E-state index contributed by atoms with van der Waals surface area (Å²) in [6.07, 6.45) is 1.38. The molecule has 0 radical (unpaired) electrons. The molecule has 2 rings (SSSR count). The molecule has 0 aliphatic rings. The first-order valence-corrected chi connectivity index (χ1v) is 6.92. The maximum Gasteiger partial charge on any atom is 0.184 e. The van der Waals surface area contributed by atoms with Crippen LogP contribution in [0.4, 0.5) is 11.4 Å². The van der Waals surface area contributed by atoms with Crippen molar-refractivity contribution in [3.63, 3.8) is 0 Å². The first-order chi connectivity index (χ1) is 10.5. The number of aromatic hydroxyl groups is 1. The van der Waals surface area contributed by atoms with Gasteiger partial charge in [0.05, 0.1) is 17.6 Å². The van der Waals surface area contributed by atoms with Crippen LogP contribution in [0, 0.1) is 0 Å². The lowest BCUT2D eigenvalue weighted by Gasteiger charge is -2.00. The zero-order valence-corrected chi connectivity index (χ0v) is 12.8. The highest BCUT2D eigenvalue weighted by molar-refractivity contribution is 7.80. The highest BCUT2D eigenvalue weighted by Crippen LogP contribution is 2.24. The number of azo groups is 1. The third-order valence-corrected chi connectivity index (χ3v) is 2.84. The molecule has 0 saturated carbocycles. The van der Waals surface area contributed by atoms with Crippen molar-refractivity contribution in [2.75, 3.05) is 0 Å². The van der Waals surface area contributed by atoms with Crippen molar-refractivity contribution in [1.82, 2.24) is 5.43 Å². The van der Waals surface area contributed by atoms with E-state index in [4.69, 9.17) is 17.3 Å². The van der Waals surface area contributed by atoms with Gasteiger partial charge in [0.2, 0.25) is 0 Å². The molecule has 0 fully saturated rings. The van der Waals surface area contributed by atoms with E-state index in [0.717, 1.165) is 0 Å². The van der Waals surface area contributed by atoms with Gasteiger partial charge in [-0.25, -0.2) is 0 Å². The molecule has 0 heterocycles. The lowest BCUT2D eigenvalue weighted by molar-refractivity contribution is 0.474. The van der Waals surface area contributed by atoms with Crippen molar-refractivity contribution in [2.24, 2.45) is 21.1 Å². The fourth-order valence-electron chi connectivity index (χ4n) is 1.50. The van der Waals surface area contributed by atoms with Gasteiger partial charge in [-0.15, -0.1) is 0 Å². The molecule has 2 aromatic carbocycles. The minimum atomic E-state index is 0.0364. The van der Waals surface area contributed by atoms with Crippen LogP contribution < -0.4 is 11.2 Å². The molecular formula is C14H12ClN5OS. The highest BCUT2D eigenvalue weighted by atomic mass is 35.5. The van der Waals surface area contributed by atoms with Gasteiger partial charge in [-0.05, 0) is 54.7 Å². The number of phenolic OH excluding ortho intramolecular Hbond substituents is 1. The molecule has 0 unspecified atom stereocenters.